The van der Waals surface area contributed by atoms with Gasteiger partial charge in [0.2, 0.25) is 0 Å². The van der Waals surface area contributed by atoms with Crippen LogP contribution in [0.25, 0.3) is 0 Å². The zero-order chi connectivity index (χ0) is 25.4. The first-order valence-corrected chi connectivity index (χ1v) is 11.8. The summed E-state index contributed by atoms with van der Waals surface area (Å²) in [6, 6.07) is 6.74. The molecule has 0 spiro atoms. The van der Waals surface area contributed by atoms with Crippen LogP contribution in [0.2, 0.25) is 0 Å². The van der Waals surface area contributed by atoms with E-state index >= 15 is 0 Å². The second-order valence-corrected chi connectivity index (χ2v) is 8.30. The van der Waals surface area contributed by atoms with E-state index in [-0.39, 0.29) is 38.7 Å². The van der Waals surface area contributed by atoms with Crippen molar-refractivity contribution in [3.05, 3.63) is 29.8 Å². The molecule has 0 radical (unpaired) electrons. The summed E-state index contributed by atoms with van der Waals surface area (Å²) in [4.78, 5) is 40.0. The molecule has 3 unspecified atom stereocenters. The molecule has 2 aliphatic rings. The van der Waals surface area contributed by atoms with Gasteiger partial charge in [-0.05, 0) is 38.0 Å². The van der Waals surface area contributed by atoms with Gasteiger partial charge in [0.05, 0.1) is 31.8 Å². The van der Waals surface area contributed by atoms with Crippen LogP contribution in [-0.2, 0) is 35.0 Å². The number of terminal acetylenes is 1. The summed E-state index contributed by atoms with van der Waals surface area (Å²) in [6.07, 6.45) is 4.65. The summed E-state index contributed by atoms with van der Waals surface area (Å²) < 4.78 is 21.8. The quantitative estimate of drug-likeness (QED) is 0.288. The molecular weight excluding hydrogens is 456 g/mol. The molecule has 190 valence electrons. The Morgan fingerprint density at radius 1 is 1.23 bits per heavy atom. The fourth-order valence-corrected chi connectivity index (χ4v) is 4.13. The van der Waals surface area contributed by atoms with Gasteiger partial charge >= 0.3 is 18.0 Å². The molecule has 1 aromatic carbocycles. The summed E-state index contributed by atoms with van der Waals surface area (Å²) in [5.74, 6) is 0.314. The topological polar surface area (TPSA) is 124 Å². The lowest BCUT2D eigenvalue weighted by molar-refractivity contribution is -0.197. The summed E-state index contributed by atoms with van der Waals surface area (Å²) in [6.45, 7) is 4.29. The van der Waals surface area contributed by atoms with E-state index in [1.807, 2.05) is 0 Å². The van der Waals surface area contributed by atoms with Crippen LogP contribution in [-0.4, -0.2) is 74.0 Å². The number of aliphatic hydroxyl groups excluding tert-OH is 1. The Morgan fingerprint density at radius 3 is 2.46 bits per heavy atom. The average Bonchev–Trinajstić information content (AvgIpc) is 3.22. The third-order valence-electron chi connectivity index (χ3n) is 5.94. The van der Waals surface area contributed by atoms with Crippen molar-refractivity contribution in [2.24, 2.45) is 5.92 Å². The molecule has 10 heteroatoms. The number of esters is 2. The molecule has 2 heterocycles. The molecule has 2 aliphatic heterocycles. The molecule has 3 rings (SSSR count). The molecule has 0 aliphatic carbocycles. The van der Waals surface area contributed by atoms with Crippen LogP contribution in [0.1, 0.15) is 32.3 Å². The van der Waals surface area contributed by atoms with Crippen LogP contribution in [0.4, 0.5) is 10.5 Å². The van der Waals surface area contributed by atoms with Crippen molar-refractivity contribution in [3.63, 3.8) is 0 Å². The number of benzene rings is 1. The maximum Gasteiger partial charge on any atom is 0.350 e. The van der Waals surface area contributed by atoms with Gasteiger partial charge in [-0.3, -0.25) is 4.90 Å². The fraction of sp³-hybridized carbons (Fsp3) is 0.560. The Kier molecular flexibility index (Phi) is 9.09. The smallest absolute Gasteiger partial charge is 0.350 e. The van der Waals surface area contributed by atoms with Crippen molar-refractivity contribution >= 4 is 23.7 Å². The highest BCUT2D eigenvalue weighted by molar-refractivity contribution is 6.04. The average molecular weight is 489 g/mol. The zero-order valence-electron chi connectivity index (χ0n) is 20.0. The number of hydrogen-bond donors (Lipinski definition) is 2. The van der Waals surface area contributed by atoms with Gasteiger partial charge in [0.15, 0.2) is 6.29 Å². The molecule has 0 bridgehead atoms. The highest BCUT2D eigenvalue weighted by Gasteiger charge is 2.52. The molecule has 0 saturated carbocycles. The lowest BCUT2D eigenvalue weighted by Crippen LogP contribution is -2.54. The lowest BCUT2D eigenvalue weighted by atomic mass is 9.93. The molecule has 2 saturated heterocycles. The van der Waals surface area contributed by atoms with Crippen molar-refractivity contribution in [2.75, 3.05) is 37.8 Å². The Balaban J connectivity index is 1.87. The second-order valence-electron chi connectivity index (χ2n) is 8.30. The first-order chi connectivity index (χ1) is 16.8. The molecule has 1 aromatic rings. The maximum absolute atomic E-state index is 13.1. The standard InChI is InChI=1S/C25H32N2O8/c1-4-18-14-21(28)35-20(18)16-34-25(22(29)32-5-2,23(30)33-6-3)15-17-8-10-19(11-9-17)27-13-7-12-26-24(27)31/h1,8-11,18,20-21,28H,5-7,12-16H2,2-3H3,(H,26,31). The Labute approximate surface area is 204 Å². The normalized spacial score (nSPS) is 22.3. The minimum atomic E-state index is -2.11. The molecule has 35 heavy (non-hydrogen) atoms. The van der Waals surface area contributed by atoms with Gasteiger partial charge in [0, 0.05) is 31.6 Å². The number of nitrogens with one attached hydrogen (secondary N) is 1. The van der Waals surface area contributed by atoms with E-state index in [1.165, 1.54) is 0 Å². The zero-order valence-corrected chi connectivity index (χ0v) is 20.0. The van der Waals surface area contributed by atoms with Crippen molar-refractivity contribution in [3.8, 4) is 12.3 Å². The van der Waals surface area contributed by atoms with Crippen molar-refractivity contribution in [1.82, 2.24) is 5.32 Å². The third-order valence-corrected chi connectivity index (χ3v) is 5.94. The SMILES string of the molecule is C#CC1CC(O)OC1COC(Cc1ccc(N2CCCNC2=O)cc1)(C(=O)OCC)C(=O)OCC. The number of urea groups is 1. The first-order valence-electron chi connectivity index (χ1n) is 11.8. The van der Waals surface area contributed by atoms with E-state index in [0.29, 0.717) is 24.3 Å². The summed E-state index contributed by atoms with van der Waals surface area (Å²) in [5, 5.41) is 12.6. The monoisotopic (exact) mass is 488 g/mol. The van der Waals surface area contributed by atoms with E-state index in [9.17, 15) is 19.5 Å². The van der Waals surface area contributed by atoms with Gasteiger partial charge in [0.1, 0.15) is 0 Å². The largest absolute Gasteiger partial charge is 0.463 e. The third kappa shape index (κ3) is 6.11. The van der Waals surface area contributed by atoms with Gasteiger partial charge in [-0.1, -0.05) is 12.1 Å². The minimum Gasteiger partial charge on any atom is -0.463 e. The van der Waals surface area contributed by atoms with E-state index in [0.717, 1.165) is 6.42 Å². The molecular formula is C25H32N2O8. The van der Waals surface area contributed by atoms with E-state index in [2.05, 4.69) is 11.2 Å². The van der Waals surface area contributed by atoms with Gasteiger partial charge in [-0.15, -0.1) is 12.3 Å². The first kappa shape index (κ1) is 26.5. The molecule has 0 aromatic heterocycles. The van der Waals surface area contributed by atoms with Crippen LogP contribution in [0.15, 0.2) is 24.3 Å². The molecule has 3 atom stereocenters. The number of carbonyl (C=O) groups excluding carboxylic acids is 3. The van der Waals surface area contributed by atoms with Gasteiger partial charge in [0.25, 0.3) is 5.60 Å². The van der Waals surface area contributed by atoms with Gasteiger partial charge in [-0.2, -0.15) is 0 Å². The van der Waals surface area contributed by atoms with Crippen molar-refractivity contribution in [2.45, 2.75) is 51.1 Å². The lowest BCUT2D eigenvalue weighted by Gasteiger charge is -2.31. The van der Waals surface area contributed by atoms with Crippen molar-refractivity contribution < 1.29 is 38.4 Å². The van der Waals surface area contributed by atoms with Crippen LogP contribution >= 0.6 is 0 Å². The maximum atomic E-state index is 13.1. The number of amides is 2. The number of rotatable bonds is 10. The minimum absolute atomic E-state index is 0.0258. The second kappa shape index (κ2) is 12.0. The number of ether oxygens (including phenoxy) is 4. The van der Waals surface area contributed by atoms with Crippen LogP contribution in [0, 0.1) is 18.3 Å². The molecule has 2 amide bonds. The van der Waals surface area contributed by atoms with E-state index in [1.54, 1.807) is 43.0 Å². The number of hydrogen-bond acceptors (Lipinski definition) is 8. The van der Waals surface area contributed by atoms with Gasteiger partial charge < -0.3 is 29.4 Å². The number of aliphatic hydroxyl groups is 1. The molecule has 2 fully saturated rings. The van der Waals surface area contributed by atoms with Crippen molar-refractivity contribution in [1.29, 1.82) is 0 Å². The van der Waals surface area contributed by atoms with E-state index < -0.39 is 35.9 Å². The molecule has 2 N–H and O–H groups in total. The predicted octanol–water partition coefficient (Wildman–Crippen LogP) is 1.39. The number of anilines is 1. The number of nitrogens with zero attached hydrogens (tertiary/aromatic N) is 1. The highest BCUT2D eigenvalue weighted by Crippen LogP contribution is 2.29. The molecule has 10 nitrogen and oxygen atoms in total. The summed E-state index contributed by atoms with van der Waals surface area (Å²) in [5.41, 5.74) is -0.824. The van der Waals surface area contributed by atoms with Crippen LogP contribution < -0.4 is 10.2 Å². The highest BCUT2D eigenvalue weighted by atomic mass is 16.6. The Morgan fingerprint density at radius 2 is 1.89 bits per heavy atom. The Hall–Kier alpha value is -3.13. The number of carbonyl (C=O) groups is 3. The fourth-order valence-electron chi connectivity index (χ4n) is 4.13. The van der Waals surface area contributed by atoms with Crippen LogP contribution in [0.5, 0.6) is 0 Å². The summed E-state index contributed by atoms with van der Waals surface area (Å²) >= 11 is 0. The van der Waals surface area contributed by atoms with Gasteiger partial charge in [-0.25, -0.2) is 14.4 Å². The Bertz CT molecular complexity index is 924. The summed E-state index contributed by atoms with van der Waals surface area (Å²) in [7, 11) is 0. The van der Waals surface area contributed by atoms with E-state index in [4.69, 9.17) is 25.4 Å². The predicted molar refractivity (Wildman–Crippen MR) is 125 cm³/mol. The van der Waals surface area contributed by atoms with Crippen LogP contribution in [0.3, 0.4) is 0 Å².